The van der Waals surface area contributed by atoms with Gasteiger partial charge in [-0.25, -0.2) is 8.42 Å². The number of ether oxygens (including phenoxy) is 1. The zero-order chi connectivity index (χ0) is 32.4. The summed E-state index contributed by atoms with van der Waals surface area (Å²) >= 11 is 0. The number of benzene rings is 4. The number of rotatable bonds is 14. The van der Waals surface area contributed by atoms with Crippen molar-refractivity contribution in [1.82, 2.24) is 10.2 Å². The lowest BCUT2D eigenvalue weighted by Gasteiger charge is -2.33. The number of aryl methyl sites for hydroxylation is 1. The van der Waals surface area contributed by atoms with Crippen molar-refractivity contribution >= 4 is 27.5 Å². The highest BCUT2D eigenvalue weighted by Gasteiger charge is 2.34. The number of anilines is 1. The number of hydrogen-bond acceptors (Lipinski definition) is 5. The van der Waals surface area contributed by atoms with Gasteiger partial charge in [-0.3, -0.25) is 13.9 Å². The molecular formula is C36H41N3O5S. The molecule has 0 bridgehead atoms. The number of amides is 2. The van der Waals surface area contributed by atoms with Gasteiger partial charge in [0.1, 0.15) is 24.1 Å². The van der Waals surface area contributed by atoms with Crippen molar-refractivity contribution < 1.29 is 22.7 Å². The van der Waals surface area contributed by atoms with Crippen molar-refractivity contribution in [3.63, 3.8) is 0 Å². The number of carbonyl (C=O) groups is 2. The quantitative estimate of drug-likeness (QED) is 0.168. The van der Waals surface area contributed by atoms with Crippen molar-refractivity contribution in [1.29, 1.82) is 0 Å². The molecule has 4 aromatic rings. The maximum Gasteiger partial charge on any atom is 0.264 e. The number of hydrogen-bond donors (Lipinski definition) is 1. The lowest BCUT2D eigenvalue weighted by atomic mass is 10.1. The molecular weight excluding hydrogens is 586 g/mol. The minimum absolute atomic E-state index is 0.0500. The molecule has 0 spiro atoms. The van der Waals surface area contributed by atoms with Gasteiger partial charge in [-0.1, -0.05) is 80.1 Å². The van der Waals surface area contributed by atoms with E-state index in [-0.39, 0.29) is 23.4 Å². The summed E-state index contributed by atoms with van der Waals surface area (Å²) in [4.78, 5) is 29.2. The number of carbonyl (C=O) groups excluding carboxylic acids is 2. The molecule has 236 valence electrons. The molecule has 0 aliphatic rings. The van der Waals surface area contributed by atoms with Gasteiger partial charge in [-0.2, -0.15) is 0 Å². The van der Waals surface area contributed by atoms with Crippen LogP contribution < -0.4 is 14.4 Å². The Labute approximate surface area is 266 Å². The van der Waals surface area contributed by atoms with Gasteiger partial charge in [0.2, 0.25) is 11.8 Å². The van der Waals surface area contributed by atoms with Crippen LogP contribution in [0.15, 0.2) is 114 Å². The van der Waals surface area contributed by atoms with Crippen LogP contribution in [0, 0.1) is 6.92 Å². The zero-order valence-corrected chi connectivity index (χ0v) is 27.0. The first kappa shape index (κ1) is 33.3. The fourth-order valence-corrected chi connectivity index (χ4v) is 6.24. The molecule has 2 atom stereocenters. The Bertz CT molecular complexity index is 1640. The van der Waals surface area contributed by atoms with Crippen LogP contribution in [-0.4, -0.2) is 43.8 Å². The number of nitrogens with zero attached hydrogens (tertiary/aromatic N) is 2. The average molecular weight is 628 g/mol. The molecule has 9 heteroatoms. The van der Waals surface area contributed by atoms with Crippen molar-refractivity contribution in [2.24, 2.45) is 0 Å². The third kappa shape index (κ3) is 8.73. The Hall–Kier alpha value is -4.63. The summed E-state index contributed by atoms with van der Waals surface area (Å²) < 4.78 is 35.1. The molecule has 0 aromatic heterocycles. The molecule has 0 heterocycles. The molecule has 2 amide bonds. The van der Waals surface area contributed by atoms with E-state index in [0.29, 0.717) is 23.6 Å². The molecule has 8 nitrogen and oxygen atoms in total. The Morgan fingerprint density at radius 1 is 0.778 bits per heavy atom. The second kappa shape index (κ2) is 15.4. The number of nitrogens with one attached hydrogen (secondary N) is 1. The summed E-state index contributed by atoms with van der Waals surface area (Å²) in [6, 6.07) is 30.7. The van der Waals surface area contributed by atoms with Crippen LogP contribution in [0.1, 0.15) is 44.7 Å². The van der Waals surface area contributed by atoms with Gasteiger partial charge in [-0.15, -0.1) is 0 Å². The Kier molecular flexibility index (Phi) is 11.4. The van der Waals surface area contributed by atoms with Gasteiger partial charge in [0, 0.05) is 12.6 Å². The summed E-state index contributed by atoms with van der Waals surface area (Å²) in [6.07, 6.45) is 1.10. The fourth-order valence-electron chi connectivity index (χ4n) is 4.80. The first-order chi connectivity index (χ1) is 21.6. The van der Waals surface area contributed by atoms with Crippen LogP contribution in [-0.2, 0) is 26.2 Å². The molecule has 0 aliphatic heterocycles. The van der Waals surface area contributed by atoms with Gasteiger partial charge in [0.25, 0.3) is 10.0 Å². The van der Waals surface area contributed by atoms with Crippen molar-refractivity contribution in [2.45, 2.75) is 64.1 Å². The minimum Gasteiger partial charge on any atom is -0.457 e. The highest BCUT2D eigenvalue weighted by atomic mass is 32.2. The standard InChI is InChI=1S/C36H41N3O5S/c1-5-28(4)37-36(41)34(6-2)38(25-29-19-17-27(3)18-20-29)35(40)26-39(45(42,43)33-15-11-8-12-16-33)30-21-23-32(24-22-30)44-31-13-9-7-10-14-31/h7-24,28,34H,5-6,25-26H2,1-4H3,(H,37,41)/t28-,34-/m0/s1. The van der Waals surface area contributed by atoms with Crippen molar-refractivity contribution in [3.8, 4) is 11.5 Å². The van der Waals surface area contributed by atoms with Crippen LogP contribution in [0.5, 0.6) is 11.5 Å². The second-order valence-electron chi connectivity index (χ2n) is 11.0. The maximum atomic E-state index is 14.3. The molecule has 4 rings (SSSR count). The van der Waals surface area contributed by atoms with Crippen molar-refractivity contribution in [3.05, 3.63) is 120 Å². The summed E-state index contributed by atoms with van der Waals surface area (Å²) in [6.45, 7) is 7.35. The molecule has 0 unspecified atom stereocenters. The summed E-state index contributed by atoms with van der Waals surface area (Å²) in [5.41, 5.74) is 2.20. The van der Waals surface area contributed by atoms with E-state index in [1.807, 2.05) is 82.3 Å². The van der Waals surface area contributed by atoms with Gasteiger partial charge < -0.3 is 15.0 Å². The summed E-state index contributed by atoms with van der Waals surface area (Å²) in [5.74, 6) is 0.391. The second-order valence-corrected chi connectivity index (χ2v) is 12.8. The molecule has 0 aliphatic carbocycles. The predicted octanol–water partition coefficient (Wildman–Crippen LogP) is 6.70. The topological polar surface area (TPSA) is 96.0 Å². The van der Waals surface area contributed by atoms with Gasteiger partial charge in [0.05, 0.1) is 10.6 Å². The van der Waals surface area contributed by atoms with Gasteiger partial charge >= 0.3 is 0 Å². The molecule has 4 aromatic carbocycles. The molecule has 0 saturated heterocycles. The molecule has 0 saturated carbocycles. The first-order valence-electron chi connectivity index (χ1n) is 15.2. The van der Waals surface area contributed by atoms with Gasteiger partial charge in [-0.05, 0) is 80.8 Å². The number of sulfonamides is 1. The molecule has 1 N–H and O–H groups in total. The van der Waals surface area contributed by atoms with E-state index in [0.717, 1.165) is 21.9 Å². The Balaban J connectivity index is 1.71. The lowest BCUT2D eigenvalue weighted by Crippen LogP contribution is -2.53. The van der Waals surface area contributed by atoms with E-state index in [1.165, 1.54) is 17.0 Å². The van der Waals surface area contributed by atoms with Crippen LogP contribution in [0.25, 0.3) is 0 Å². The normalized spacial score (nSPS) is 12.5. The number of para-hydroxylation sites is 1. The molecule has 0 fully saturated rings. The van der Waals surface area contributed by atoms with Crippen LogP contribution in [0.2, 0.25) is 0 Å². The zero-order valence-electron chi connectivity index (χ0n) is 26.2. The van der Waals surface area contributed by atoms with E-state index >= 15 is 0 Å². The minimum atomic E-state index is -4.16. The predicted molar refractivity (Wildman–Crippen MR) is 178 cm³/mol. The van der Waals surface area contributed by atoms with E-state index < -0.39 is 28.5 Å². The summed E-state index contributed by atoms with van der Waals surface area (Å²) in [7, 11) is -4.16. The molecule has 0 radical (unpaired) electrons. The fraction of sp³-hybridized carbons (Fsp3) is 0.278. The summed E-state index contributed by atoms with van der Waals surface area (Å²) in [5, 5.41) is 3.00. The molecule has 45 heavy (non-hydrogen) atoms. The van der Waals surface area contributed by atoms with Crippen LogP contribution in [0.3, 0.4) is 0 Å². The first-order valence-corrected chi connectivity index (χ1v) is 16.6. The smallest absolute Gasteiger partial charge is 0.264 e. The maximum absolute atomic E-state index is 14.3. The van der Waals surface area contributed by atoms with E-state index in [1.54, 1.807) is 42.5 Å². The monoisotopic (exact) mass is 627 g/mol. The third-order valence-corrected chi connectivity index (χ3v) is 9.36. The Morgan fingerprint density at radius 3 is 1.93 bits per heavy atom. The lowest BCUT2D eigenvalue weighted by molar-refractivity contribution is -0.140. The Morgan fingerprint density at radius 2 is 1.36 bits per heavy atom. The SMILES string of the molecule is CC[C@H](C)NC(=O)[C@H](CC)N(Cc1ccc(C)cc1)C(=O)CN(c1ccc(Oc2ccccc2)cc1)S(=O)(=O)c1ccccc1. The van der Waals surface area contributed by atoms with Crippen LogP contribution in [0.4, 0.5) is 5.69 Å². The van der Waals surface area contributed by atoms with E-state index in [2.05, 4.69) is 5.32 Å². The largest absolute Gasteiger partial charge is 0.457 e. The van der Waals surface area contributed by atoms with Crippen molar-refractivity contribution in [2.75, 3.05) is 10.8 Å². The van der Waals surface area contributed by atoms with E-state index in [9.17, 15) is 18.0 Å². The highest BCUT2D eigenvalue weighted by Crippen LogP contribution is 2.28. The third-order valence-electron chi connectivity index (χ3n) is 7.57. The van der Waals surface area contributed by atoms with E-state index in [4.69, 9.17) is 4.74 Å². The average Bonchev–Trinajstić information content (AvgIpc) is 3.05. The van der Waals surface area contributed by atoms with Crippen LogP contribution >= 0.6 is 0 Å². The highest BCUT2D eigenvalue weighted by molar-refractivity contribution is 7.92. The van der Waals surface area contributed by atoms with Gasteiger partial charge in [0.15, 0.2) is 0 Å².